The highest BCUT2D eigenvalue weighted by molar-refractivity contribution is 6.18. The quantitative estimate of drug-likeness (QED) is 0.141. The summed E-state index contributed by atoms with van der Waals surface area (Å²) in [5.74, 6) is -0.177. The number of alkyl halides is 1. The zero-order chi connectivity index (χ0) is 21.7. The van der Waals surface area contributed by atoms with Crippen molar-refractivity contribution in [1.29, 1.82) is 0 Å². The van der Waals surface area contributed by atoms with Gasteiger partial charge in [0.1, 0.15) is 12.6 Å². The van der Waals surface area contributed by atoms with Crippen LogP contribution in [0.2, 0.25) is 0 Å². The molecule has 0 radical (unpaired) electrons. The molecule has 2 unspecified atom stereocenters. The maximum absolute atomic E-state index is 12.3. The molecule has 0 aromatic rings. The first-order chi connectivity index (χ1) is 14.1. The van der Waals surface area contributed by atoms with Gasteiger partial charge in [-0.05, 0) is 12.3 Å². The summed E-state index contributed by atoms with van der Waals surface area (Å²) in [6, 6.07) is -0.680. The third kappa shape index (κ3) is 16.5. The molecule has 0 aliphatic heterocycles. The predicted molar refractivity (Wildman–Crippen MR) is 120 cm³/mol. The van der Waals surface area contributed by atoms with Crippen LogP contribution in [-0.2, 0) is 14.3 Å². The molecule has 0 aliphatic carbocycles. The number of halogens is 1. The van der Waals surface area contributed by atoms with Crippen LogP contribution in [0.25, 0.3) is 0 Å². The van der Waals surface area contributed by atoms with Gasteiger partial charge >= 0.3 is 12.1 Å². The number of nitrogens with one attached hydrogen (secondary N) is 1. The van der Waals surface area contributed by atoms with Crippen LogP contribution in [0.1, 0.15) is 104 Å². The van der Waals surface area contributed by atoms with Crippen molar-refractivity contribution < 1.29 is 19.1 Å². The van der Waals surface area contributed by atoms with Crippen LogP contribution >= 0.6 is 11.6 Å². The minimum atomic E-state index is -0.680. The van der Waals surface area contributed by atoms with Gasteiger partial charge in [0.25, 0.3) is 0 Å². The van der Waals surface area contributed by atoms with Gasteiger partial charge < -0.3 is 14.8 Å². The lowest BCUT2D eigenvalue weighted by Crippen LogP contribution is -2.46. The molecule has 6 heteroatoms. The molecular weight excluding hydrogens is 390 g/mol. The molecule has 0 aromatic heterocycles. The molecule has 1 amide bonds. The third-order valence-electron chi connectivity index (χ3n) is 5.29. The fourth-order valence-corrected chi connectivity index (χ4v) is 3.25. The molecule has 172 valence electrons. The van der Waals surface area contributed by atoms with Crippen molar-refractivity contribution in [3.63, 3.8) is 0 Å². The molecule has 0 saturated heterocycles. The van der Waals surface area contributed by atoms with Gasteiger partial charge in [-0.1, -0.05) is 97.8 Å². The van der Waals surface area contributed by atoms with E-state index in [1.54, 1.807) is 0 Å². The van der Waals surface area contributed by atoms with Gasteiger partial charge in [0.05, 0.1) is 12.5 Å². The van der Waals surface area contributed by atoms with Crippen LogP contribution in [0.4, 0.5) is 4.79 Å². The van der Waals surface area contributed by atoms with E-state index in [4.69, 9.17) is 21.1 Å². The molecule has 5 nitrogen and oxygen atoms in total. The molecule has 0 aromatic carbocycles. The van der Waals surface area contributed by atoms with E-state index in [1.165, 1.54) is 64.2 Å². The lowest BCUT2D eigenvalue weighted by molar-refractivity contribution is -0.147. The molecule has 29 heavy (non-hydrogen) atoms. The average Bonchev–Trinajstić information content (AvgIpc) is 2.73. The Morgan fingerprint density at radius 1 is 0.793 bits per heavy atom. The Bertz CT molecular complexity index is 406. The Labute approximate surface area is 183 Å². The van der Waals surface area contributed by atoms with E-state index >= 15 is 0 Å². The number of esters is 1. The highest BCUT2D eigenvalue weighted by Gasteiger charge is 2.27. The van der Waals surface area contributed by atoms with Gasteiger partial charge in [-0.25, -0.2) is 9.59 Å². The van der Waals surface area contributed by atoms with Crippen molar-refractivity contribution in [2.24, 2.45) is 5.92 Å². The van der Waals surface area contributed by atoms with Crippen LogP contribution in [0.15, 0.2) is 0 Å². The highest BCUT2D eigenvalue weighted by Crippen LogP contribution is 2.13. The second kappa shape index (κ2) is 20.3. The van der Waals surface area contributed by atoms with Crippen LogP contribution in [0, 0.1) is 5.92 Å². The maximum Gasteiger partial charge on any atom is 0.407 e. The Morgan fingerprint density at radius 3 is 1.79 bits per heavy atom. The molecule has 2 atom stereocenters. The van der Waals surface area contributed by atoms with Crippen molar-refractivity contribution in [3.8, 4) is 0 Å². The molecule has 0 fully saturated rings. The minimum absolute atomic E-state index is 0.0203. The van der Waals surface area contributed by atoms with Crippen molar-refractivity contribution in [2.75, 3.05) is 19.1 Å². The smallest absolute Gasteiger partial charge is 0.407 e. The van der Waals surface area contributed by atoms with E-state index in [2.05, 4.69) is 12.2 Å². The normalized spacial score (nSPS) is 13.0. The van der Waals surface area contributed by atoms with E-state index in [-0.39, 0.29) is 24.4 Å². The van der Waals surface area contributed by atoms with E-state index < -0.39 is 12.1 Å². The molecule has 0 saturated carbocycles. The van der Waals surface area contributed by atoms with Gasteiger partial charge in [-0.15, -0.1) is 11.6 Å². The number of hydrogen-bond donors (Lipinski definition) is 1. The Hall–Kier alpha value is -0.970. The zero-order valence-corrected chi connectivity index (χ0v) is 19.7. The summed E-state index contributed by atoms with van der Waals surface area (Å²) in [5.41, 5.74) is 0. The topological polar surface area (TPSA) is 64.6 Å². The van der Waals surface area contributed by atoms with E-state index in [0.717, 1.165) is 19.3 Å². The summed E-state index contributed by atoms with van der Waals surface area (Å²) >= 11 is 5.51. The number of carbonyl (C=O) groups excluding carboxylic acids is 2. The van der Waals surface area contributed by atoms with Crippen LogP contribution < -0.4 is 5.32 Å². The van der Waals surface area contributed by atoms with E-state index in [1.807, 2.05) is 13.8 Å². The predicted octanol–water partition coefficient (Wildman–Crippen LogP) is 6.61. The number of hydrogen-bond acceptors (Lipinski definition) is 4. The monoisotopic (exact) mass is 433 g/mol. The maximum atomic E-state index is 12.3. The minimum Gasteiger partial charge on any atom is -0.464 e. The summed E-state index contributed by atoms with van der Waals surface area (Å²) in [7, 11) is 0. The molecule has 0 aliphatic rings. The Kier molecular flexibility index (Phi) is 19.6. The molecule has 0 bridgehead atoms. The summed E-state index contributed by atoms with van der Waals surface area (Å²) in [6.07, 6.45) is 15.3. The lowest BCUT2D eigenvalue weighted by Gasteiger charge is -2.22. The van der Waals surface area contributed by atoms with Crippen molar-refractivity contribution in [3.05, 3.63) is 0 Å². The number of unbranched alkanes of at least 4 members (excludes halogenated alkanes) is 11. The van der Waals surface area contributed by atoms with Crippen LogP contribution in [-0.4, -0.2) is 37.2 Å². The highest BCUT2D eigenvalue weighted by atomic mass is 35.5. The number of alkyl carbamates (subject to hydrolysis) is 1. The summed E-state index contributed by atoms with van der Waals surface area (Å²) in [5, 5.41) is 2.60. The molecule has 0 rings (SSSR count). The standard InChI is InChI=1S/C23H44ClNO4/c1-4-6-7-8-9-10-11-12-13-14-15-16-18-28-22(26)21(20(3)5-2)25-23(27)29-19-17-24/h20-21H,4-19H2,1-3H3,(H,25,27). The van der Waals surface area contributed by atoms with Crippen molar-refractivity contribution >= 4 is 23.7 Å². The average molecular weight is 434 g/mol. The fraction of sp³-hybridized carbons (Fsp3) is 0.913. The summed E-state index contributed by atoms with van der Waals surface area (Å²) in [6.45, 7) is 6.66. The van der Waals surface area contributed by atoms with Gasteiger partial charge in [0.15, 0.2) is 0 Å². The number of ether oxygens (including phenoxy) is 2. The summed E-state index contributed by atoms with van der Waals surface area (Å²) < 4.78 is 10.3. The number of rotatable bonds is 19. The Morgan fingerprint density at radius 2 is 1.31 bits per heavy atom. The second-order valence-corrected chi connectivity index (χ2v) is 8.27. The molecule has 1 N–H and O–H groups in total. The SMILES string of the molecule is CCCCCCCCCCCCCCOC(=O)C(NC(=O)OCCCl)C(C)CC. The first kappa shape index (κ1) is 28.0. The third-order valence-corrected chi connectivity index (χ3v) is 5.45. The molecule has 0 heterocycles. The number of amides is 1. The van der Waals surface area contributed by atoms with Crippen LogP contribution in [0.5, 0.6) is 0 Å². The van der Waals surface area contributed by atoms with Crippen molar-refractivity contribution in [1.82, 2.24) is 5.32 Å². The van der Waals surface area contributed by atoms with Gasteiger partial charge in [-0.2, -0.15) is 0 Å². The van der Waals surface area contributed by atoms with Crippen molar-refractivity contribution in [2.45, 2.75) is 110 Å². The van der Waals surface area contributed by atoms with E-state index in [0.29, 0.717) is 6.61 Å². The lowest BCUT2D eigenvalue weighted by atomic mass is 9.99. The fourth-order valence-electron chi connectivity index (χ4n) is 3.17. The first-order valence-electron chi connectivity index (χ1n) is 11.7. The van der Waals surface area contributed by atoms with Gasteiger partial charge in [0, 0.05) is 0 Å². The Balaban J connectivity index is 3.78. The first-order valence-corrected chi connectivity index (χ1v) is 12.3. The molecular formula is C23H44ClNO4. The van der Waals surface area contributed by atoms with Gasteiger partial charge in [-0.3, -0.25) is 0 Å². The van der Waals surface area contributed by atoms with Gasteiger partial charge in [0.2, 0.25) is 0 Å². The van der Waals surface area contributed by atoms with Crippen LogP contribution in [0.3, 0.4) is 0 Å². The second-order valence-electron chi connectivity index (χ2n) is 7.89. The summed E-state index contributed by atoms with van der Waals surface area (Å²) in [4.78, 5) is 24.1. The van der Waals surface area contributed by atoms with E-state index in [9.17, 15) is 9.59 Å². The largest absolute Gasteiger partial charge is 0.464 e. The number of carbonyl (C=O) groups is 2. The molecule has 0 spiro atoms. The zero-order valence-electron chi connectivity index (χ0n) is 19.0.